The van der Waals surface area contributed by atoms with Crippen LogP contribution in [0.1, 0.15) is 47.4 Å². The third kappa shape index (κ3) is 8.56. The number of hydrogen-bond donors (Lipinski definition) is 2. The number of alkyl halides is 3. The molecule has 0 spiro atoms. The molecular weight excluding hydrogens is 777 g/mol. The molecule has 16 heteroatoms. The van der Waals surface area contributed by atoms with Crippen LogP contribution in [-0.4, -0.2) is 41.3 Å². The SMILES string of the molecule is O=C(Nc1ncc(Cc2ccc(C(F)(F)F)cc2)s1)c1ccn(-c2cccc(-c3cccc(Cc4cnc(NC(=O)c5ccn(-c6ccccc6)n5)s4)c3F)c2)n1. The molecule has 0 unspecified atom stereocenters. The van der Waals surface area contributed by atoms with Crippen LogP contribution in [0.15, 0.2) is 134 Å². The van der Waals surface area contributed by atoms with Gasteiger partial charge in [-0.2, -0.15) is 23.4 Å². The van der Waals surface area contributed by atoms with E-state index >= 15 is 4.39 Å². The van der Waals surface area contributed by atoms with Gasteiger partial charge < -0.3 is 0 Å². The van der Waals surface area contributed by atoms with Crippen molar-refractivity contribution in [2.45, 2.75) is 19.0 Å². The Morgan fingerprint density at radius 2 is 1.23 bits per heavy atom. The lowest BCUT2D eigenvalue weighted by atomic mass is 10.00. The fourth-order valence-corrected chi connectivity index (χ4v) is 7.60. The highest BCUT2D eigenvalue weighted by Gasteiger charge is 2.30. The number of rotatable bonds is 11. The van der Waals surface area contributed by atoms with Gasteiger partial charge in [0.15, 0.2) is 21.7 Å². The fraction of sp³-hybridized carbons (Fsp3) is 0.0732. The molecule has 0 saturated heterocycles. The van der Waals surface area contributed by atoms with Crippen molar-refractivity contribution in [2.75, 3.05) is 10.6 Å². The van der Waals surface area contributed by atoms with E-state index in [9.17, 15) is 22.8 Å². The predicted molar refractivity (Wildman–Crippen MR) is 210 cm³/mol. The largest absolute Gasteiger partial charge is 0.416 e. The van der Waals surface area contributed by atoms with Gasteiger partial charge in [0, 0.05) is 52.9 Å². The number of para-hydroxylation sites is 1. The van der Waals surface area contributed by atoms with Gasteiger partial charge in [-0.05, 0) is 65.2 Å². The number of amides is 2. The molecule has 0 atom stereocenters. The van der Waals surface area contributed by atoms with Crippen molar-refractivity contribution < 1.29 is 27.2 Å². The Labute approximate surface area is 330 Å². The van der Waals surface area contributed by atoms with Gasteiger partial charge in [0.1, 0.15) is 5.82 Å². The summed E-state index contributed by atoms with van der Waals surface area (Å²) in [7, 11) is 0. The summed E-state index contributed by atoms with van der Waals surface area (Å²) in [6, 6.07) is 29.8. The molecule has 4 heterocycles. The second kappa shape index (κ2) is 15.8. The second-order valence-electron chi connectivity index (χ2n) is 12.7. The Kier molecular flexibility index (Phi) is 10.3. The lowest BCUT2D eigenvalue weighted by molar-refractivity contribution is -0.137. The Hall–Kier alpha value is -6.78. The van der Waals surface area contributed by atoms with Crippen LogP contribution in [0.3, 0.4) is 0 Å². The molecule has 0 fully saturated rings. The van der Waals surface area contributed by atoms with Gasteiger partial charge in [-0.15, -0.1) is 22.7 Å². The first kappa shape index (κ1) is 37.2. The van der Waals surface area contributed by atoms with Crippen molar-refractivity contribution in [3.8, 4) is 22.5 Å². The van der Waals surface area contributed by atoms with E-state index in [1.165, 1.54) is 39.5 Å². The summed E-state index contributed by atoms with van der Waals surface area (Å²) < 4.78 is 57.9. The maximum Gasteiger partial charge on any atom is 0.416 e. The smallest absolute Gasteiger partial charge is 0.296 e. The average molecular weight is 805 g/mol. The molecule has 284 valence electrons. The van der Waals surface area contributed by atoms with E-state index in [4.69, 9.17) is 0 Å². The van der Waals surface area contributed by atoms with Crippen LogP contribution < -0.4 is 10.6 Å². The van der Waals surface area contributed by atoms with Crippen molar-refractivity contribution >= 4 is 44.8 Å². The molecule has 2 N–H and O–H groups in total. The van der Waals surface area contributed by atoms with Gasteiger partial charge in [0.2, 0.25) is 0 Å². The Morgan fingerprint density at radius 1 is 0.649 bits per heavy atom. The fourth-order valence-electron chi connectivity index (χ4n) is 5.93. The number of hydrogen-bond acceptors (Lipinski definition) is 8. The molecule has 4 aromatic heterocycles. The maximum atomic E-state index is 16.0. The molecule has 0 bridgehead atoms. The minimum Gasteiger partial charge on any atom is -0.296 e. The summed E-state index contributed by atoms with van der Waals surface area (Å²) in [6.45, 7) is 0. The van der Waals surface area contributed by atoms with Gasteiger partial charge in [0.25, 0.3) is 11.8 Å². The highest BCUT2D eigenvalue weighted by molar-refractivity contribution is 7.16. The topological polar surface area (TPSA) is 120 Å². The van der Waals surface area contributed by atoms with E-state index in [0.717, 1.165) is 27.6 Å². The molecule has 10 nitrogen and oxygen atoms in total. The number of aromatic nitrogens is 6. The van der Waals surface area contributed by atoms with Crippen LogP contribution in [0.4, 0.5) is 27.8 Å². The van der Waals surface area contributed by atoms with Crippen molar-refractivity contribution in [2.24, 2.45) is 0 Å². The Morgan fingerprint density at radius 3 is 1.86 bits per heavy atom. The first-order valence-corrected chi connectivity index (χ1v) is 18.9. The van der Waals surface area contributed by atoms with Crippen LogP contribution in [0.5, 0.6) is 0 Å². The standard InChI is InChI=1S/C41H28F4N8O2S2/c42-36-27(22-32-24-47-40(57-32)49-37(54)34-16-18-52(50-34)29-8-2-1-3-9-29)7-5-11-33(36)26-6-4-10-30(21-26)53-19-17-35(51-53)38(55)48-39-46-23-31(56-39)20-25-12-14-28(15-13-25)41(43,44)45/h1-19,21,23-24H,20,22H2,(H,46,48,55)(H,47,49,54). The van der Waals surface area contributed by atoms with E-state index in [2.05, 4.69) is 30.8 Å². The van der Waals surface area contributed by atoms with E-state index in [1.54, 1.807) is 84.1 Å². The highest BCUT2D eigenvalue weighted by Crippen LogP contribution is 2.31. The molecule has 57 heavy (non-hydrogen) atoms. The van der Waals surface area contributed by atoms with Crippen molar-refractivity contribution in [3.63, 3.8) is 0 Å². The Balaban J connectivity index is 0.900. The van der Waals surface area contributed by atoms with Crippen LogP contribution in [0.25, 0.3) is 22.5 Å². The third-order valence-electron chi connectivity index (χ3n) is 8.74. The zero-order valence-corrected chi connectivity index (χ0v) is 31.1. The molecule has 0 aliphatic heterocycles. The van der Waals surface area contributed by atoms with Crippen molar-refractivity contribution in [1.29, 1.82) is 0 Å². The van der Waals surface area contributed by atoms with Gasteiger partial charge in [-0.25, -0.2) is 23.7 Å². The van der Waals surface area contributed by atoms with E-state index in [0.29, 0.717) is 44.6 Å². The number of thiazole rings is 2. The van der Waals surface area contributed by atoms with Gasteiger partial charge in [-0.3, -0.25) is 20.2 Å². The summed E-state index contributed by atoms with van der Waals surface area (Å²) in [5.74, 6) is -1.31. The Bertz CT molecular complexity index is 2700. The zero-order valence-electron chi connectivity index (χ0n) is 29.4. The first-order valence-electron chi connectivity index (χ1n) is 17.3. The molecule has 0 aliphatic carbocycles. The summed E-state index contributed by atoms with van der Waals surface area (Å²) in [5, 5.41) is 15.0. The molecule has 8 rings (SSSR count). The summed E-state index contributed by atoms with van der Waals surface area (Å²) in [6.07, 6.45) is 2.70. The lowest BCUT2D eigenvalue weighted by Gasteiger charge is -2.10. The number of anilines is 2. The molecule has 0 saturated carbocycles. The van der Waals surface area contributed by atoms with Gasteiger partial charge in [0.05, 0.1) is 16.9 Å². The monoisotopic (exact) mass is 804 g/mol. The van der Waals surface area contributed by atoms with Gasteiger partial charge in [-0.1, -0.05) is 60.7 Å². The van der Waals surface area contributed by atoms with Crippen LogP contribution in [0.2, 0.25) is 0 Å². The molecule has 2 amide bonds. The third-order valence-corrected chi connectivity index (χ3v) is 10.6. The van der Waals surface area contributed by atoms with Crippen LogP contribution in [-0.2, 0) is 19.0 Å². The predicted octanol–water partition coefficient (Wildman–Crippen LogP) is 9.48. The highest BCUT2D eigenvalue weighted by atomic mass is 32.1. The molecule has 4 aromatic carbocycles. The van der Waals surface area contributed by atoms with Crippen molar-refractivity contribution in [1.82, 2.24) is 29.5 Å². The normalized spacial score (nSPS) is 11.4. The van der Waals surface area contributed by atoms with Gasteiger partial charge >= 0.3 is 6.18 Å². The quantitative estimate of drug-likeness (QED) is 0.126. The summed E-state index contributed by atoms with van der Waals surface area (Å²) in [4.78, 5) is 36.0. The number of carbonyl (C=O) groups is 2. The average Bonchev–Trinajstić information content (AvgIpc) is 4.05. The molecule has 0 aliphatic rings. The molecule has 0 radical (unpaired) electrons. The summed E-state index contributed by atoms with van der Waals surface area (Å²) in [5.41, 5.74) is 3.16. The number of halogens is 4. The zero-order chi connectivity index (χ0) is 39.5. The van der Waals surface area contributed by atoms with E-state index in [1.807, 2.05) is 30.3 Å². The number of carbonyl (C=O) groups excluding carboxylic acids is 2. The number of nitrogens with one attached hydrogen (secondary N) is 2. The number of benzene rings is 4. The van der Waals surface area contributed by atoms with Crippen molar-refractivity contribution in [3.05, 3.63) is 178 Å². The van der Waals surface area contributed by atoms with E-state index in [-0.39, 0.29) is 17.8 Å². The maximum absolute atomic E-state index is 16.0. The molecular formula is C41H28F4N8O2S2. The summed E-state index contributed by atoms with van der Waals surface area (Å²) >= 11 is 2.46. The molecule has 8 aromatic rings. The minimum atomic E-state index is -4.41. The lowest BCUT2D eigenvalue weighted by Crippen LogP contribution is -2.13. The van der Waals surface area contributed by atoms with Crippen LogP contribution in [0, 0.1) is 5.82 Å². The number of nitrogens with zero attached hydrogens (tertiary/aromatic N) is 6. The van der Waals surface area contributed by atoms with Crippen LogP contribution >= 0.6 is 22.7 Å². The first-order chi connectivity index (χ1) is 27.6. The second-order valence-corrected chi connectivity index (χ2v) is 14.9. The minimum absolute atomic E-state index is 0.120. The van der Waals surface area contributed by atoms with E-state index < -0.39 is 29.4 Å².